The monoisotopic (exact) mass is 333 g/mol. The van der Waals surface area contributed by atoms with Gasteiger partial charge in [0.15, 0.2) is 5.69 Å². The number of ether oxygens (including phenoxy) is 1. The summed E-state index contributed by atoms with van der Waals surface area (Å²) in [5.74, 6) is 0.0799. The molecule has 0 radical (unpaired) electrons. The van der Waals surface area contributed by atoms with E-state index in [9.17, 15) is 4.79 Å². The van der Waals surface area contributed by atoms with E-state index >= 15 is 0 Å². The van der Waals surface area contributed by atoms with E-state index in [2.05, 4.69) is 21.9 Å². The van der Waals surface area contributed by atoms with Gasteiger partial charge in [-0.2, -0.15) is 5.10 Å². The lowest BCUT2D eigenvalue weighted by Gasteiger charge is -2.35. The van der Waals surface area contributed by atoms with Gasteiger partial charge in [-0.1, -0.05) is 0 Å². The van der Waals surface area contributed by atoms with Gasteiger partial charge in [0.25, 0.3) is 5.91 Å². The second kappa shape index (κ2) is 6.82. The zero-order valence-corrected chi connectivity index (χ0v) is 14.5. The van der Waals surface area contributed by atoms with Crippen molar-refractivity contribution in [3.05, 3.63) is 17.5 Å². The van der Waals surface area contributed by atoms with Gasteiger partial charge in [-0.05, 0) is 26.0 Å². The van der Waals surface area contributed by atoms with Crippen molar-refractivity contribution in [1.82, 2.24) is 24.5 Å². The Hall–Kier alpha value is -1.44. The fourth-order valence-electron chi connectivity index (χ4n) is 3.87. The van der Waals surface area contributed by atoms with Gasteiger partial charge in [-0.25, -0.2) is 0 Å². The third-order valence-electron chi connectivity index (χ3n) is 5.35. The van der Waals surface area contributed by atoms with E-state index in [-0.39, 0.29) is 5.91 Å². The molecule has 7 nitrogen and oxygen atoms in total. The predicted octanol–water partition coefficient (Wildman–Crippen LogP) is 0.265. The van der Waals surface area contributed by atoms with Crippen LogP contribution in [0.5, 0.6) is 0 Å². The van der Waals surface area contributed by atoms with Gasteiger partial charge >= 0.3 is 0 Å². The van der Waals surface area contributed by atoms with E-state index in [0.29, 0.717) is 11.8 Å². The predicted molar refractivity (Wildman–Crippen MR) is 89.9 cm³/mol. The highest BCUT2D eigenvalue weighted by Gasteiger charge is 2.27. The molecule has 132 valence electrons. The smallest absolute Gasteiger partial charge is 0.274 e. The summed E-state index contributed by atoms with van der Waals surface area (Å²) in [6, 6.07) is 1.97. The minimum atomic E-state index is 0.0799. The lowest BCUT2D eigenvalue weighted by molar-refractivity contribution is 0.0429. The standard InChI is InChI=1S/C17H27N5O2/c1-19-4-9-22-14(12-19)11-16(18-22)17(23)21-7-5-20(6-8-21)13-15-3-2-10-24-15/h11,15H,2-10,12-13H2,1H3/t15-/m1/s1. The van der Waals surface area contributed by atoms with E-state index in [4.69, 9.17) is 4.74 Å². The molecule has 7 heteroatoms. The van der Waals surface area contributed by atoms with Crippen molar-refractivity contribution >= 4 is 5.91 Å². The Morgan fingerprint density at radius 3 is 2.83 bits per heavy atom. The molecule has 1 aromatic rings. The second-order valence-electron chi connectivity index (χ2n) is 7.21. The molecule has 0 aromatic carbocycles. The third-order valence-corrected chi connectivity index (χ3v) is 5.35. The molecule has 0 bridgehead atoms. The Kier molecular flexibility index (Phi) is 4.56. The van der Waals surface area contributed by atoms with Crippen molar-refractivity contribution < 1.29 is 9.53 Å². The molecule has 4 heterocycles. The van der Waals surface area contributed by atoms with Crippen LogP contribution in [0.25, 0.3) is 0 Å². The van der Waals surface area contributed by atoms with Gasteiger partial charge in [0.1, 0.15) is 0 Å². The number of carbonyl (C=O) groups is 1. The Morgan fingerprint density at radius 2 is 2.08 bits per heavy atom. The number of fused-ring (bicyclic) bond motifs is 1. The van der Waals surface area contributed by atoms with E-state index in [1.807, 2.05) is 15.6 Å². The molecule has 3 aliphatic rings. The molecule has 3 aliphatic heterocycles. The molecule has 0 aliphatic carbocycles. The van der Waals surface area contributed by atoms with Gasteiger partial charge < -0.3 is 9.64 Å². The first-order valence-electron chi connectivity index (χ1n) is 9.07. The maximum absolute atomic E-state index is 12.7. The Morgan fingerprint density at radius 1 is 1.25 bits per heavy atom. The van der Waals surface area contributed by atoms with E-state index in [0.717, 1.165) is 64.7 Å². The summed E-state index contributed by atoms with van der Waals surface area (Å²) in [5.41, 5.74) is 1.75. The lowest BCUT2D eigenvalue weighted by Crippen LogP contribution is -2.50. The van der Waals surface area contributed by atoms with Gasteiger partial charge in [-0.3, -0.25) is 19.3 Å². The van der Waals surface area contributed by atoms with Crippen molar-refractivity contribution in [3.63, 3.8) is 0 Å². The first kappa shape index (κ1) is 16.1. The number of carbonyl (C=O) groups excluding carboxylic acids is 1. The van der Waals surface area contributed by atoms with Crippen molar-refractivity contribution in [3.8, 4) is 0 Å². The van der Waals surface area contributed by atoms with E-state index in [1.54, 1.807) is 0 Å². The van der Waals surface area contributed by atoms with Crippen LogP contribution in [-0.4, -0.2) is 89.4 Å². The SMILES string of the molecule is CN1CCn2nc(C(=O)N3CCN(C[C@H]4CCCO4)CC3)cc2C1. The number of rotatable bonds is 3. The van der Waals surface area contributed by atoms with Crippen LogP contribution < -0.4 is 0 Å². The van der Waals surface area contributed by atoms with Crippen molar-refractivity contribution in [2.45, 2.75) is 32.0 Å². The number of likely N-dealkylation sites (N-methyl/N-ethyl adjacent to an activating group) is 1. The van der Waals surface area contributed by atoms with Gasteiger partial charge in [0.05, 0.1) is 18.3 Å². The first-order chi connectivity index (χ1) is 11.7. The van der Waals surface area contributed by atoms with Crippen molar-refractivity contribution in [2.75, 3.05) is 52.9 Å². The minimum absolute atomic E-state index is 0.0799. The molecule has 24 heavy (non-hydrogen) atoms. The summed E-state index contributed by atoms with van der Waals surface area (Å²) >= 11 is 0. The van der Waals surface area contributed by atoms with Crippen LogP contribution in [0.1, 0.15) is 29.0 Å². The number of piperazine rings is 1. The topological polar surface area (TPSA) is 53.8 Å². The molecule has 0 saturated carbocycles. The van der Waals surface area contributed by atoms with Crippen LogP contribution in [0, 0.1) is 0 Å². The van der Waals surface area contributed by atoms with Crippen LogP contribution in [0.4, 0.5) is 0 Å². The fourth-order valence-corrected chi connectivity index (χ4v) is 3.87. The Labute approximate surface area is 143 Å². The zero-order valence-electron chi connectivity index (χ0n) is 14.5. The van der Waals surface area contributed by atoms with Crippen LogP contribution >= 0.6 is 0 Å². The number of hydrogen-bond donors (Lipinski definition) is 0. The summed E-state index contributed by atoms with van der Waals surface area (Å²) in [7, 11) is 2.10. The summed E-state index contributed by atoms with van der Waals surface area (Å²) in [6.07, 6.45) is 2.75. The Balaban J connectivity index is 1.33. The highest BCUT2D eigenvalue weighted by molar-refractivity contribution is 5.92. The van der Waals surface area contributed by atoms with E-state index < -0.39 is 0 Å². The highest BCUT2D eigenvalue weighted by Crippen LogP contribution is 2.17. The molecule has 0 N–H and O–H groups in total. The highest BCUT2D eigenvalue weighted by atomic mass is 16.5. The van der Waals surface area contributed by atoms with E-state index in [1.165, 1.54) is 12.8 Å². The quantitative estimate of drug-likeness (QED) is 0.795. The number of amides is 1. The zero-order chi connectivity index (χ0) is 16.5. The summed E-state index contributed by atoms with van der Waals surface area (Å²) in [5, 5.41) is 4.53. The molecular weight excluding hydrogens is 306 g/mol. The Bertz CT molecular complexity index is 588. The van der Waals surface area contributed by atoms with Crippen LogP contribution in [0.2, 0.25) is 0 Å². The number of hydrogen-bond acceptors (Lipinski definition) is 5. The van der Waals surface area contributed by atoms with Gasteiger partial charge in [0, 0.05) is 52.4 Å². The molecular formula is C17H27N5O2. The molecule has 4 rings (SSSR count). The summed E-state index contributed by atoms with van der Waals surface area (Å²) in [4.78, 5) is 19.4. The molecule has 2 fully saturated rings. The molecule has 1 atom stereocenters. The fraction of sp³-hybridized carbons (Fsp3) is 0.765. The molecule has 2 saturated heterocycles. The normalized spacial score (nSPS) is 25.9. The number of aromatic nitrogens is 2. The van der Waals surface area contributed by atoms with Crippen LogP contribution in [-0.2, 0) is 17.8 Å². The van der Waals surface area contributed by atoms with Crippen molar-refractivity contribution in [2.24, 2.45) is 0 Å². The summed E-state index contributed by atoms with van der Waals surface area (Å²) in [6.45, 7) is 8.08. The largest absolute Gasteiger partial charge is 0.377 e. The third kappa shape index (κ3) is 3.34. The van der Waals surface area contributed by atoms with Gasteiger partial charge in [-0.15, -0.1) is 0 Å². The second-order valence-corrected chi connectivity index (χ2v) is 7.21. The van der Waals surface area contributed by atoms with Crippen LogP contribution in [0.3, 0.4) is 0 Å². The molecule has 0 unspecified atom stereocenters. The average Bonchev–Trinajstić information content (AvgIpc) is 3.24. The maximum Gasteiger partial charge on any atom is 0.274 e. The average molecular weight is 333 g/mol. The van der Waals surface area contributed by atoms with Crippen molar-refractivity contribution in [1.29, 1.82) is 0 Å². The van der Waals surface area contributed by atoms with Crippen LogP contribution in [0.15, 0.2) is 6.07 Å². The minimum Gasteiger partial charge on any atom is -0.377 e. The van der Waals surface area contributed by atoms with Gasteiger partial charge in [0.2, 0.25) is 0 Å². The molecule has 1 aromatic heterocycles. The maximum atomic E-state index is 12.7. The summed E-state index contributed by atoms with van der Waals surface area (Å²) < 4.78 is 7.70. The lowest BCUT2D eigenvalue weighted by atomic mass is 10.2. The molecule has 0 spiro atoms. The first-order valence-corrected chi connectivity index (χ1v) is 9.07. The molecule has 1 amide bonds. The number of nitrogens with zero attached hydrogens (tertiary/aromatic N) is 5.